The van der Waals surface area contributed by atoms with Gasteiger partial charge in [0.05, 0.1) is 18.6 Å². The van der Waals surface area contributed by atoms with Crippen LogP contribution >= 0.6 is 0 Å². The van der Waals surface area contributed by atoms with Crippen molar-refractivity contribution >= 4 is 12.0 Å². The number of urea groups is 1. The molecule has 3 unspecified atom stereocenters. The van der Waals surface area contributed by atoms with Gasteiger partial charge in [-0.3, -0.25) is 4.79 Å². The summed E-state index contributed by atoms with van der Waals surface area (Å²) in [4.78, 5) is 23.2. The summed E-state index contributed by atoms with van der Waals surface area (Å²) in [6, 6.07) is -0.667. The molecule has 0 aromatic carbocycles. The summed E-state index contributed by atoms with van der Waals surface area (Å²) in [5.41, 5.74) is 0. The Morgan fingerprint density at radius 3 is 2.57 bits per heavy atom. The molecule has 1 fully saturated rings. The molecule has 0 heterocycles. The van der Waals surface area contributed by atoms with Crippen molar-refractivity contribution in [2.75, 3.05) is 27.4 Å². The van der Waals surface area contributed by atoms with Crippen LogP contribution in [0.15, 0.2) is 0 Å². The minimum absolute atomic E-state index is 0.217. The average Bonchev–Trinajstić information content (AvgIpc) is 2.68. The first-order chi connectivity index (χ1) is 10.1. The van der Waals surface area contributed by atoms with E-state index in [-0.39, 0.29) is 18.2 Å². The van der Waals surface area contributed by atoms with Crippen LogP contribution in [0.2, 0.25) is 0 Å². The highest BCUT2D eigenvalue weighted by Crippen LogP contribution is 2.23. The number of amides is 2. The normalized spacial score (nSPS) is 23.9. The Balaban J connectivity index is 2.45. The standard InChI is InChI=1S/C14H26N2O5/c1-20-9-10(21-2)8-15-14(19)16-12-7-5-3-4-6-11(12)13(17)18/h10-12H,3-9H2,1-2H3,(H,17,18)(H2,15,16,19). The molecule has 0 aromatic heterocycles. The number of carboxylic acid groups (broad SMARTS) is 1. The Bertz CT molecular complexity index is 337. The molecule has 0 spiro atoms. The molecule has 1 aliphatic carbocycles. The maximum absolute atomic E-state index is 11.9. The van der Waals surface area contributed by atoms with Crippen LogP contribution in [0.25, 0.3) is 0 Å². The van der Waals surface area contributed by atoms with Gasteiger partial charge >= 0.3 is 12.0 Å². The molecule has 0 aromatic rings. The molecule has 1 aliphatic rings. The fourth-order valence-corrected chi connectivity index (χ4v) is 2.60. The van der Waals surface area contributed by atoms with E-state index in [0.29, 0.717) is 26.0 Å². The Morgan fingerprint density at radius 1 is 1.24 bits per heavy atom. The van der Waals surface area contributed by atoms with Gasteiger partial charge in [0, 0.05) is 26.8 Å². The van der Waals surface area contributed by atoms with Gasteiger partial charge in [-0.05, 0) is 12.8 Å². The number of hydrogen-bond donors (Lipinski definition) is 3. The molecular formula is C14H26N2O5. The quantitative estimate of drug-likeness (QED) is 0.609. The Morgan fingerprint density at radius 2 is 1.95 bits per heavy atom. The van der Waals surface area contributed by atoms with Crippen LogP contribution in [0.3, 0.4) is 0 Å². The summed E-state index contributed by atoms with van der Waals surface area (Å²) in [5.74, 6) is -1.34. The lowest BCUT2D eigenvalue weighted by Crippen LogP contribution is -2.49. The van der Waals surface area contributed by atoms with Crippen molar-refractivity contribution in [1.29, 1.82) is 0 Å². The monoisotopic (exact) mass is 302 g/mol. The fraction of sp³-hybridized carbons (Fsp3) is 0.857. The molecule has 3 N–H and O–H groups in total. The van der Waals surface area contributed by atoms with Crippen molar-refractivity contribution in [3.8, 4) is 0 Å². The maximum Gasteiger partial charge on any atom is 0.315 e. The van der Waals surface area contributed by atoms with E-state index in [4.69, 9.17) is 9.47 Å². The van der Waals surface area contributed by atoms with Gasteiger partial charge in [0.15, 0.2) is 0 Å². The molecule has 0 saturated heterocycles. The summed E-state index contributed by atoms with van der Waals surface area (Å²) in [6.07, 6.45) is 3.96. The molecule has 122 valence electrons. The zero-order valence-electron chi connectivity index (χ0n) is 12.8. The molecule has 1 saturated carbocycles. The molecule has 1 rings (SSSR count). The smallest absolute Gasteiger partial charge is 0.315 e. The molecule has 0 aliphatic heterocycles. The molecule has 7 heteroatoms. The van der Waals surface area contributed by atoms with Crippen LogP contribution in [0.5, 0.6) is 0 Å². The lowest BCUT2D eigenvalue weighted by Gasteiger charge is -2.23. The number of carboxylic acids is 1. The average molecular weight is 302 g/mol. The molecule has 7 nitrogen and oxygen atoms in total. The van der Waals surface area contributed by atoms with Crippen molar-refractivity contribution in [1.82, 2.24) is 10.6 Å². The highest BCUT2D eigenvalue weighted by molar-refractivity contribution is 5.76. The van der Waals surface area contributed by atoms with Gasteiger partial charge in [-0.1, -0.05) is 19.3 Å². The highest BCUT2D eigenvalue weighted by Gasteiger charge is 2.30. The molecular weight excluding hydrogens is 276 g/mol. The van der Waals surface area contributed by atoms with Crippen molar-refractivity contribution in [2.24, 2.45) is 5.92 Å². The van der Waals surface area contributed by atoms with E-state index in [1.807, 2.05) is 0 Å². The van der Waals surface area contributed by atoms with E-state index in [1.165, 1.54) is 0 Å². The first-order valence-electron chi connectivity index (χ1n) is 7.37. The molecule has 0 bridgehead atoms. The Kier molecular flexibility index (Phi) is 8.07. The molecule has 3 atom stereocenters. The minimum Gasteiger partial charge on any atom is -0.481 e. The second-order valence-electron chi connectivity index (χ2n) is 5.36. The number of nitrogens with one attached hydrogen (secondary N) is 2. The summed E-state index contributed by atoms with van der Waals surface area (Å²) in [7, 11) is 3.12. The van der Waals surface area contributed by atoms with Crippen LogP contribution in [-0.2, 0) is 14.3 Å². The fourth-order valence-electron chi connectivity index (χ4n) is 2.60. The Labute approximate surface area is 125 Å². The van der Waals surface area contributed by atoms with Gasteiger partial charge in [0.2, 0.25) is 0 Å². The van der Waals surface area contributed by atoms with Crippen LogP contribution < -0.4 is 10.6 Å². The van der Waals surface area contributed by atoms with Crippen molar-refractivity contribution in [3.63, 3.8) is 0 Å². The van der Waals surface area contributed by atoms with Gasteiger partial charge in [-0.25, -0.2) is 4.79 Å². The number of methoxy groups -OCH3 is 2. The van der Waals surface area contributed by atoms with E-state index in [1.54, 1.807) is 14.2 Å². The van der Waals surface area contributed by atoms with Crippen LogP contribution in [0, 0.1) is 5.92 Å². The van der Waals surface area contributed by atoms with Gasteiger partial charge < -0.3 is 25.2 Å². The molecule has 0 radical (unpaired) electrons. The summed E-state index contributed by atoms with van der Waals surface area (Å²) < 4.78 is 10.1. The van der Waals surface area contributed by atoms with E-state index in [9.17, 15) is 14.7 Å². The SMILES string of the molecule is COCC(CNC(=O)NC1CCCCCC1C(=O)O)OC. The van der Waals surface area contributed by atoms with Crippen LogP contribution in [-0.4, -0.2) is 56.6 Å². The van der Waals surface area contributed by atoms with Crippen molar-refractivity contribution in [2.45, 2.75) is 44.2 Å². The van der Waals surface area contributed by atoms with E-state index >= 15 is 0 Å². The second-order valence-corrected chi connectivity index (χ2v) is 5.36. The zero-order valence-corrected chi connectivity index (χ0v) is 12.8. The molecule has 21 heavy (non-hydrogen) atoms. The van der Waals surface area contributed by atoms with Crippen LogP contribution in [0.1, 0.15) is 32.1 Å². The zero-order chi connectivity index (χ0) is 15.7. The van der Waals surface area contributed by atoms with Crippen molar-refractivity contribution in [3.05, 3.63) is 0 Å². The van der Waals surface area contributed by atoms with Crippen molar-refractivity contribution < 1.29 is 24.2 Å². The van der Waals surface area contributed by atoms with Gasteiger partial charge in [0.25, 0.3) is 0 Å². The second kappa shape index (κ2) is 9.57. The van der Waals surface area contributed by atoms with E-state index < -0.39 is 11.9 Å². The summed E-state index contributed by atoms with van der Waals surface area (Å²) in [5, 5.41) is 14.7. The predicted octanol–water partition coefficient (Wildman–Crippen LogP) is 0.981. The third-order valence-electron chi connectivity index (χ3n) is 3.83. The number of carbonyl (C=O) groups excluding carboxylic acids is 1. The topological polar surface area (TPSA) is 96.9 Å². The van der Waals surface area contributed by atoms with Gasteiger partial charge in [-0.2, -0.15) is 0 Å². The van der Waals surface area contributed by atoms with E-state index in [2.05, 4.69) is 10.6 Å². The summed E-state index contributed by atoms with van der Waals surface area (Å²) >= 11 is 0. The Hall–Kier alpha value is -1.34. The first kappa shape index (κ1) is 17.7. The lowest BCUT2D eigenvalue weighted by molar-refractivity contribution is -0.142. The number of carbonyl (C=O) groups is 2. The first-order valence-corrected chi connectivity index (χ1v) is 7.37. The number of rotatable bonds is 7. The predicted molar refractivity (Wildman–Crippen MR) is 77.2 cm³/mol. The number of aliphatic carboxylic acids is 1. The maximum atomic E-state index is 11.9. The third-order valence-corrected chi connectivity index (χ3v) is 3.83. The minimum atomic E-state index is -0.837. The summed E-state index contributed by atoms with van der Waals surface area (Å²) in [6.45, 7) is 0.707. The highest BCUT2D eigenvalue weighted by atomic mass is 16.5. The molecule has 2 amide bonds. The lowest BCUT2D eigenvalue weighted by atomic mass is 9.95. The largest absolute Gasteiger partial charge is 0.481 e. The third kappa shape index (κ3) is 6.31. The van der Waals surface area contributed by atoms with Gasteiger partial charge in [-0.15, -0.1) is 0 Å². The van der Waals surface area contributed by atoms with Crippen LogP contribution in [0.4, 0.5) is 4.79 Å². The number of ether oxygens (including phenoxy) is 2. The number of hydrogen-bond acceptors (Lipinski definition) is 4. The van der Waals surface area contributed by atoms with E-state index in [0.717, 1.165) is 19.3 Å². The van der Waals surface area contributed by atoms with Gasteiger partial charge in [0.1, 0.15) is 0 Å².